The molecule has 118 valence electrons. The number of nitrogens with zero attached hydrogens (tertiary/aromatic N) is 2. The van der Waals surface area contributed by atoms with Crippen molar-refractivity contribution in [3.63, 3.8) is 0 Å². The highest BCUT2D eigenvalue weighted by Gasteiger charge is 2.48. The van der Waals surface area contributed by atoms with Crippen LogP contribution in [0, 0.1) is 0 Å². The van der Waals surface area contributed by atoms with Gasteiger partial charge in [0.05, 0.1) is 10.6 Å². The summed E-state index contributed by atoms with van der Waals surface area (Å²) in [5.41, 5.74) is 1.15. The third-order valence-electron chi connectivity index (χ3n) is 4.45. The Kier molecular flexibility index (Phi) is 4.64. The number of alkyl halides is 1. The van der Waals surface area contributed by atoms with Crippen LogP contribution in [-0.2, 0) is 16.1 Å². The predicted molar refractivity (Wildman–Crippen MR) is 88.7 cm³/mol. The first-order valence-electron chi connectivity index (χ1n) is 7.47. The highest BCUT2D eigenvalue weighted by Crippen LogP contribution is 2.45. The summed E-state index contributed by atoms with van der Waals surface area (Å²) in [6.07, 6.45) is 1.64. The smallest absolute Gasteiger partial charge is 0.237 e. The van der Waals surface area contributed by atoms with Crippen LogP contribution in [0.2, 0.25) is 0 Å². The zero-order valence-corrected chi connectivity index (χ0v) is 13.9. The number of rotatable bonds is 3. The Morgan fingerprint density at radius 1 is 1.23 bits per heavy atom. The van der Waals surface area contributed by atoms with E-state index >= 15 is 0 Å². The summed E-state index contributed by atoms with van der Waals surface area (Å²) in [6, 6.07) is 10.1. The molecule has 2 fully saturated rings. The van der Waals surface area contributed by atoms with Crippen molar-refractivity contribution in [2.45, 2.75) is 24.3 Å². The third kappa shape index (κ3) is 2.97. The monoisotopic (exact) mass is 338 g/mol. The molecule has 0 aromatic heterocycles. The highest BCUT2D eigenvalue weighted by atomic mass is 35.5. The standard InChI is InChI=1S/C16H19ClN2O2S/c17-10-14(20)18-8-6-16(7-9-18)19(15(21)12-22-16)11-13-4-2-1-3-5-13/h1-5H,6-12H2. The van der Waals surface area contributed by atoms with Gasteiger partial charge in [0.15, 0.2) is 0 Å². The molecule has 1 spiro atoms. The lowest BCUT2D eigenvalue weighted by molar-refractivity contribution is -0.134. The summed E-state index contributed by atoms with van der Waals surface area (Å²) in [5.74, 6) is 0.759. The molecule has 2 heterocycles. The van der Waals surface area contributed by atoms with E-state index in [-0.39, 0.29) is 22.6 Å². The van der Waals surface area contributed by atoms with Crippen molar-refractivity contribution >= 4 is 35.2 Å². The van der Waals surface area contributed by atoms with Gasteiger partial charge in [0.1, 0.15) is 5.88 Å². The van der Waals surface area contributed by atoms with Gasteiger partial charge in [-0.2, -0.15) is 0 Å². The first-order chi connectivity index (χ1) is 10.6. The molecule has 2 saturated heterocycles. The predicted octanol–water partition coefficient (Wildman–Crippen LogP) is 2.32. The summed E-state index contributed by atoms with van der Waals surface area (Å²) >= 11 is 7.36. The molecule has 2 aliphatic rings. The molecule has 3 rings (SSSR count). The van der Waals surface area contributed by atoms with E-state index in [4.69, 9.17) is 11.6 Å². The van der Waals surface area contributed by atoms with Gasteiger partial charge in [0.25, 0.3) is 0 Å². The van der Waals surface area contributed by atoms with E-state index in [9.17, 15) is 9.59 Å². The number of likely N-dealkylation sites (tertiary alicyclic amines) is 1. The zero-order valence-electron chi connectivity index (χ0n) is 12.3. The quantitative estimate of drug-likeness (QED) is 0.794. The first kappa shape index (κ1) is 15.7. The van der Waals surface area contributed by atoms with Crippen LogP contribution in [0.3, 0.4) is 0 Å². The van der Waals surface area contributed by atoms with E-state index in [1.165, 1.54) is 0 Å². The number of benzene rings is 1. The summed E-state index contributed by atoms with van der Waals surface area (Å²) in [7, 11) is 0. The van der Waals surface area contributed by atoms with Crippen molar-refractivity contribution < 1.29 is 9.59 Å². The second-order valence-electron chi connectivity index (χ2n) is 5.71. The lowest BCUT2D eigenvalue weighted by atomic mass is 10.0. The molecule has 22 heavy (non-hydrogen) atoms. The molecule has 0 atom stereocenters. The second-order valence-corrected chi connectivity index (χ2v) is 7.32. The van der Waals surface area contributed by atoms with E-state index in [0.29, 0.717) is 25.4 Å². The molecule has 6 heteroatoms. The van der Waals surface area contributed by atoms with E-state index in [1.807, 2.05) is 28.0 Å². The van der Waals surface area contributed by atoms with Crippen molar-refractivity contribution in [1.29, 1.82) is 0 Å². The molecule has 0 radical (unpaired) electrons. The van der Waals surface area contributed by atoms with Gasteiger partial charge in [-0.25, -0.2) is 0 Å². The summed E-state index contributed by atoms with van der Waals surface area (Å²) in [6.45, 7) is 2.00. The molecule has 0 N–H and O–H groups in total. The van der Waals surface area contributed by atoms with E-state index < -0.39 is 0 Å². The van der Waals surface area contributed by atoms with Crippen LogP contribution < -0.4 is 0 Å². The van der Waals surface area contributed by atoms with Gasteiger partial charge in [-0.05, 0) is 18.4 Å². The highest BCUT2D eigenvalue weighted by molar-refractivity contribution is 8.01. The zero-order chi connectivity index (χ0) is 15.6. The van der Waals surface area contributed by atoms with Gasteiger partial charge in [0, 0.05) is 19.6 Å². The minimum Gasteiger partial charge on any atom is -0.341 e. The lowest BCUT2D eigenvalue weighted by Crippen LogP contribution is -2.52. The Balaban J connectivity index is 1.72. The molecule has 1 aromatic carbocycles. The minimum atomic E-state index is -0.157. The van der Waals surface area contributed by atoms with Crippen LogP contribution in [0.25, 0.3) is 0 Å². The van der Waals surface area contributed by atoms with Gasteiger partial charge in [-0.1, -0.05) is 30.3 Å². The van der Waals surface area contributed by atoms with Crippen molar-refractivity contribution in [1.82, 2.24) is 9.80 Å². The van der Waals surface area contributed by atoms with Crippen LogP contribution in [0.15, 0.2) is 30.3 Å². The number of amides is 2. The molecule has 0 saturated carbocycles. The van der Waals surface area contributed by atoms with Crippen molar-refractivity contribution in [2.75, 3.05) is 24.7 Å². The molecule has 0 bridgehead atoms. The number of carbonyl (C=O) groups excluding carboxylic acids is 2. The number of hydrogen-bond acceptors (Lipinski definition) is 3. The Bertz CT molecular complexity index is 559. The average molecular weight is 339 g/mol. The molecule has 4 nitrogen and oxygen atoms in total. The molecule has 2 amide bonds. The number of carbonyl (C=O) groups is 2. The maximum atomic E-state index is 12.3. The second kappa shape index (κ2) is 6.50. The number of hydrogen-bond donors (Lipinski definition) is 0. The third-order valence-corrected chi connectivity index (χ3v) is 6.24. The fourth-order valence-electron chi connectivity index (χ4n) is 3.18. The van der Waals surface area contributed by atoms with Crippen LogP contribution in [0.1, 0.15) is 18.4 Å². The summed E-state index contributed by atoms with van der Waals surface area (Å²) in [5, 5.41) is 0. The Morgan fingerprint density at radius 3 is 2.55 bits per heavy atom. The largest absolute Gasteiger partial charge is 0.341 e. The molecule has 0 unspecified atom stereocenters. The van der Waals surface area contributed by atoms with E-state index in [2.05, 4.69) is 12.1 Å². The Hall–Kier alpha value is -1.20. The summed E-state index contributed by atoms with van der Waals surface area (Å²) in [4.78, 5) is 27.7. The molecular weight excluding hydrogens is 320 g/mol. The van der Waals surface area contributed by atoms with Crippen molar-refractivity contribution in [3.05, 3.63) is 35.9 Å². The normalized spacial score (nSPS) is 20.7. The van der Waals surface area contributed by atoms with E-state index in [1.54, 1.807) is 11.8 Å². The maximum absolute atomic E-state index is 12.3. The molecule has 0 aliphatic carbocycles. The van der Waals surface area contributed by atoms with E-state index in [0.717, 1.165) is 18.4 Å². The Morgan fingerprint density at radius 2 is 1.91 bits per heavy atom. The maximum Gasteiger partial charge on any atom is 0.237 e. The van der Waals surface area contributed by atoms with Crippen molar-refractivity contribution in [2.24, 2.45) is 0 Å². The number of halogens is 1. The van der Waals surface area contributed by atoms with Crippen LogP contribution in [0.5, 0.6) is 0 Å². The van der Waals surface area contributed by atoms with Gasteiger partial charge in [0.2, 0.25) is 11.8 Å². The van der Waals surface area contributed by atoms with Crippen LogP contribution in [0.4, 0.5) is 0 Å². The first-order valence-corrected chi connectivity index (χ1v) is 8.99. The number of piperidine rings is 1. The SMILES string of the molecule is O=C(CCl)N1CCC2(CC1)SCC(=O)N2Cc1ccccc1. The fourth-order valence-corrected chi connectivity index (χ4v) is 4.69. The minimum absolute atomic E-state index is 0.0135. The van der Waals surface area contributed by atoms with Gasteiger partial charge < -0.3 is 9.80 Å². The average Bonchev–Trinajstić information content (AvgIpc) is 2.85. The summed E-state index contributed by atoms with van der Waals surface area (Å²) < 4.78 is 0. The van der Waals surface area contributed by atoms with Crippen LogP contribution in [-0.4, -0.2) is 51.2 Å². The van der Waals surface area contributed by atoms with Crippen LogP contribution >= 0.6 is 23.4 Å². The molecular formula is C16H19ClN2O2S. The van der Waals surface area contributed by atoms with Gasteiger partial charge in [-0.3, -0.25) is 9.59 Å². The Labute approximate surface area is 139 Å². The van der Waals surface area contributed by atoms with Gasteiger partial charge in [-0.15, -0.1) is 23.4 Å². The molecule has 1 aromatic rings. The lowest BCUT2D eigenvalue weighted by Gasteiger charge is -2.44. The fraction of sp³-hybridized carbons (Fsp3) is 0.500. The number of thioether (sulfide) groups is 1. The molecule has 2 aliphatic heterocycles. The van der Waals surface area contributed by atoms with Crippen molar-refractivity contribution in [3.8, 4) is 0 Å². The topological polar surface area (TPSA) is 40.6 Å². The van der Waals surface area contributed by atoms with Gasteiger partial charge >= 0.3 is 0 Å².